The molecular formula is C23H22FN5O. The van der Waals surface area contributed by atoms with Gasteiger partial charge in [-0.25, -0.2) is 14.4 Å². The van der Waals surface area contributed by atoms with E-state index in [-0.39, 0.29) is 17.1 Å². The Morgan fingerprint density at radius 1 is 1.20 bits per heavy atom. The number of benzene rings is 1. The van der Waals surface area contributed by atoms with Gasteiger partial charge < -0.3 is 14.8 Å². The molecule has 1 saturated heterocycles. The lowest BCUT2D eigenvalue weighted by Crippen LogP contribution is -2.65. The summed E-state index contributed by atoms with van der Waals surface area (Å²) < 4.78 is 15.9. The third kappa shape index (κ3) is 2.29. The Labute approximate surface area is 173 Å². The zero-order valence-electron chi connectivity index (χ0n) is 17.0. The fraction of sp³-hybridized carbons (Fsp3) is 0.348. The van der Waals surface area contributed by atoms with Gasteiger partial charge in [-0.3, -0.25) is 4.79 Å². The standard InChI is InChI=1S/C23H22FN5O/c1-28-11-23(12-28)10-26-22(30)17-16-7-6-14-9-25-21(13-4-3-5-15(24)8-13)27-18(14)19(16)29(2)20(17)23/h3-5,8-9H,6-7,10-12H2,1-2H3,(H,26,30). The average molecular weight is 403 g/mol. The lowest BCUT2D eigenvalue weighted by atomic mass is 9.72. The molecule has 0 radical (unpaired) electrons. The van der Waals surface area contributed by atoms with Crippen LogP contribution in [0, 0.1) is 5.82 Å². The third-order valence-electron chi connectivity index (χ3n) is 6.77. The highest BCUT2D eigenvalue weighted by Gasteiger charge is 2.51. The molecule has 0 unspecified atom stereocenters. The predicted molar refractivity (Wildman–Crippen MR) is 111 cm³/mol. The molecule has 1 fully saturated rings. The summed E-state index contributed by atoms with van der Waals surface area (Å²) in [5, 5.41) is 3.13. The first-order chi connectivity index (χ1) is 14.5. The van der Waals surface area contributed by atoms with Gasteiger partial charge in [-0.15, -0.1) is 0 Å². The maximum absolute atomic E-state index is 13.7. The van der Waals surface area contributed by atoms with E-state index < -0.39 is 0 Å². The first kappa shape index (κ1) is 17.8. The van der Waals surface area contributed by atoms with Crippen molar-refractivity contribution in [3.05, 3.63) is 58.7 Å². The third-order valence-corrected chi connectivity index (χ3v) is 6.77. The second kappa shape index (κ2) is 5.98. The number of nitrogens with one attached hydrogen (secondary N) is 1. The van der Waals surface area contributed by atoms with Gasteiger partial charge in [0.1, 0.15) is 5.82 Å². The number of carbonyl (C=O) groups excluding carboxylic acids is 1. The van der Waals surface area contributed by atoms with Gasteiger partial charge in [0.2, 0.25) is 0 Å². The molecule has 3 aromatic rings. The van der Waals surface area contributed by atoms with Crippen molar-refractivity contribution in [3.63, 3.8) is 0 Å². The highest BCUT2D eigenvalue weighted by Crippen LogP contribution is 2.45. The van der Waals surface area contributed by atoms with Crippen molar-refractivity contribution in [1.82, 2.24) is 24.8 Å². The van der Waals surface area contributed by atoms with E-state index in [4.69, 9.17) is 4.98 Å². The molecule has 4 heterocycles. The van der Waals surface area contributed by atoms with E-state index in [1.165, 1.54) is 12.1 Å². The van der Waals surface area contributed by atoms with Crippen LogP contribution in [-0.2, 0) is 25.3 Å². The lowest BCUT2D eigenvalue weighted by Gasteiger charge is -2.51. The van der Waals surface area contributed by atoms with Gasteiger partial charge in [0.05, 0.1) is 22.4 Å². The number of halogens is 1. The molecular weight excluding hydrogens is 381 g/mol. The van der Waals surface area contributed by atoms with E-state index >= 15 is 0 Å². The number of aryl methyl sites for hydroxylation is 1. The van der Waals surface area contributed by atoms with Gasteiger partial charge in [0.15, 0.2) is 5.82 Å². The second-order valence-electron chi connectivity index (χ2n) is 8.82. The van der Waals surface area contributed by atoms with Crippen LogP contribution in [0.25, 0.3) is 22.8 Å². The number of aromatic nitrogens is 3. The monoisotopic (exact) mass is 403 g/mol. The molecule has 0 saturated carbocycles. The minimum atomic E-state index is -0.309. The summed E-state index contributed by atoms with van der Waals surface area (Å²) in [4.78, 5) is 24.5. The zero-order valence-corrected chi connectivity index (χ0v) is 17.0. The smallest absolute Gasteiger partial charge is 0.253 e. The first-order valence-corrected chi connectivity index (χ1v) is 10.3. The number of likely N-dealkylation sites (N-methyl/N-ethyl adjacent to an activating group) is 1. The Bertz CT molecular complexity index is 1220. The zero-order chi connectivity index (χ0) is 20.6. The number of nitrogens with zero attached hydrogens (tertiary/aromatic N) is 4. The molecule has 1 spiro atoms. The number of amides is 1. The Morgan fingerprint density at radius 3 is 2.80 bits per heavy atom. The minimum Gasteiger partial charge on any atom is -0.351 e. The van der Waals surface area contributed by atoms with Crippen LogP contribution in [0.4, 0.5) is 4.39 Å². The molecule has 152 valence electrons. The van der Waals surface area contributed by atoms with E-state index in [1.807, 2.05) is 12.3 Å². The maximum Gasteiger partial charge on any atom is 0.253 e. The fourth-order valence-electron chi connectivity index (χ4n) is 5.65. The summed E-state index contributed by atoms with van der Waals surface area (Å²) in [6.45, 7) is 2.54. The SMILES string of the molecule is CN1CC2(CNC(=O)c3c4c(n(C)c32)-c2nc(-c3cccc(F)c3)ncc2CC4)C1. The number of fused-ring (bicyclic) bond motifs is 6. The highest BCUT2D eigenvalue weighted by atomic mass is 19.1. The number of rotatable bonds is 1. The second-order valence-corrected chi connectivity index (χ2v) is 8.82. The van der Waals surface area contributed by atoms with Gasteiger partial charge in [-0.2, -0.15) is 0 Å². The van der Waals surface area contributed by atoms with E-state index in [1.54, 1.807) is 6.07 Å². The van der Waals surface area contributed by atoms with Crippen LogP contribution in [0.3, 0.4) is 0 Å². The number of likely N-dealkylation sites (tertiary alicyclic amines) is 1. The minimum absolute atomic E-state index is 0.0184. The van der Waals surface area contributed by atoms with E-state index in [2.05, 4.69) is 33.9 Å². The molecule has 3 aliphatic rings. The fourth-order valence-corrected chi connectivity index (χ4v) is 5.65. The number of hydrogen-bond acceptors (Lipinski definition) is 4. The maximum atomic E-state index is 13.7. The number of carbonyl (C=O) groups is 1. The largest absolute Gasteiger partial charge is 0.351 e. The first-order valence-electron chi connectivity index (χ1n) is 10.3. The normalized spacial score (nSPS) is 19.0. The van der Waals surface area contributed by atoms with Crippen LogP contribution in [0.15, 0.2) is 30.5 Å². The molecule has 1 aliphatic carbocycles. The summed E-state index contributed by atoms with van der Waals surface area (Å²) in [5.74, 6) is 0.212. The van der Waals surface area contributed by atoms with Crippen LogP contribution in [-0.4, -0.2) is 52.0 Å². The molecule has 1 amide bonds. The van der Waals surface area contributed by atoms with Crippen LogP contribution in [0.1, 0.15) is 27.2 Å². The summed E-state index contributed by atoms with van der Waals surface area (Å²) in [7, 11) is 4.16. The van der Waals surface area contributed by atoms with Crippen molar-refractivity contribution >= 4 is 5.91 Å². The summed E-state index contributed by atoms with van der Waals surface area (Å²) in [6.07, 6.45) is 3.44. The molecule has 0 bridgehead atoms. The average Bonchev–Trinajstić information content (AvgIpc) is 3.03. The van der Waals surface area contributed by atoms with Crippen molar-refractivity contribution in [3.8, 4) is 22.8 Å². The Kier molecular flexibility index (Phi) is 3.54. The topological polar surface area (TPSA) is 63.1 Å². The molecule has 6 nitrogen and oxygen atoms in total. The van der Waals surface area contributed by atoms with E-state index in [0.717, 1.165) is 59.7 Å². The lowest BCUT2D eigenvalue weighted by molar-refractivity contribution is 0.0671. The molecule has 6 rings (SSSR count). The molecule has 30 heavy (non-hydrogen) atoms. The van der Waals surface area contributed by atoms with Gasteiger partial charge in [0.25, 0.3) is 5.91 Å². The van der Waals surface area contributed by atoms with Crippen LogP contribution in [0.5, 0.6) is 0 Å². The van der Waals surface area contributed by atoms with E-state index in [0.29, 0.717) is 17.9 Å². The van der Waals surface area contributed by atoms with Gasteiger partial charge in [-0.05, 0) is 43.1 Å². The summed E-state index contributed by atoms with van der Waals surface area (Å²) in [6, 6.07) is 6.35. The van der Waals surface area contributed by atoms with Crippen molar-refractivity contribution in [1.29, 1.82) is 0 Å². The van der Waals surface area contributed by atoms with Crippen LogP contribution >= 0.6 is 0 Å². The van der Waals surface area contributed by atoms with Crippen LogP contribution in [0.2, 0.25) is 0 Å². The molecule has 1 N–H and O–H groups in total. The quantitative estimate of drug-likeness (QED) is 0.677. The molecule has 7 heteroatoms. The van der Waals surface area contributed by atoms with Crippen molar-refractivity contribution in [2.75, 3.05) is 26.7 Å². The molecule has 0 atom stereocenters. The molecule has 2 aliphatic heterocycles. The van der Waals surface area contributed by atoms with Gasteiger partial charge >= 0.3 is 0 Å². The highest BCUT2D eigenvalue weighted by molar-refractivity contribution is 6.01. The predicted octanol–water partition coefficient (Wildman–Crippen LogP) is 2.31. The summed E-state index contributed by atoms with van der Waals surface area (Å²) in [5.41, 5.74) is 6.60. The number of hydrogen-bond donors (Lipinski definition) is 1. The Hall–Kier alpha value is -3.06. The van der Waals surface area contributed by atoms with Gasteiger partial charge in [-0.1, -0.05) is 12.1 Å². The van der Waals surface area contributed by atoms with Crippen molar-refractivity contribution < 1.29 is 9.18 Å². The van der Waals surface area contributed by atoms with E-state index in [9.17, 15) is 9.18 Å². The molecule has 1 aromatic carbocycles. The van der Waals surface area contributed by atoms with Crippen LogP contribution < -0.4 is 5.32 Å². The summed E-state index contributed by atoms with van der Waals surface area (Å²) >= 11 is 0. The van der Waals surface area contributed by atoms with Crippen molar-refractivity contribution in [2.24, 2.45) is 7.05 Å². The molecule has 2 aromatic heterocycles. The van der Waals surface area contributed by atoms with Gasteiger partial charge in [0, 0.05) is 44.1 Å². The Balaban J connectivity index is 1.57. The Morgan fingerprint density at radius 2 is 2.03 bits per heavy atom. The van der Waals surface area contributed by atoms with Crippen molar-refractivity contribution in [2.45, 2.75) is 18.3 Å².